The molecule has 0 fully saturated rings. The van der Waals surface area contributed by atoms with Gasteiger partial charge < -0.3 is 14.9 Å². The van der Waals surface area contributed by atoms with Crippen molar-refractivity contribution in [3.05, 3.63) is 12.2 Å². The van der Waals surface area contributed by atoms with Crippen LogP contribution in [0.1, 0.15) is 20.3 Å². The lowest BCUT2D eigenvalue weighted by atomic mass is 9.86. The molecule has 2 N–H and O–H groups in total. The molecule has 1 rings (SSSR count). The van der Waals surface area contributed by atoms with Crippen molar-refractivity contribution < 1.29 is 14.9 Å². The highest BCUT2D eigenvalue weighted by molar-refractivity contribution is 5.11. The second-order valence-electron chi connectivity index (χ2n) is 3.58. The van der Waals surface area contributed by atoms with Gasteiger partial charge in [0.05, 0.1) is 13.2 Å². The monoisotopic (exact) mass is 172 g/mol. The summed E-state index contributed by atoms with van der Waals surface area (Å²) in [4.78, 5) is 0. The summed E-state index contributed by atoms with van der Waals surface area (Å²) in [6.07, 6.45) is 4.35. The number of ether oxygens (including phenoxy) is 1. The summed E-state index contributed by atoms with van der Waals surface area (Å²) >= 11 is 0. The van der Waals surface area contributed by atoms with Crippen molar-refractivity contribution in [2.45, 2.75) is 31.5 Å². The van der Waals surface area contributed by atoms with Gasteiger partial charge in [-0.25, -0.2) is 0 Å². The van der Waals surface area contributed by atoms with Crippen molar-refractivity contribution in [3.8, 4) is 0 Å². The predicted octanol–water partition coefficient (Wildman–Crippen LogP) is 0.465. The third-order valence-electron chi connectivity index (χ3n) is 2.52. The zero-order chi connectivity index (χ0) is 9.24. The van der Waals surface area contributed by atoms with Crippen LogP contribution >= 0.6 is 0 Å². The van der Waals surface area contributed by atoms with Gasteiger partial charge in [0, 0.05) is 0 Å². The van der Waals surface area contributed by atoms with Crippen LogP contribution in [-0.2, 0) is 4.74 Å². The van der Waals surface area contributed by atoms with E-state index in [9.17, 15) is 5.11 Å². The molecule has 12 heavy (non-hydrogen) atoms. The topological polar surface area (TPSA) is 49.7 Å². The van der Waals surface area contributed by atoms with Crippen LogP contribution in [0.5, 0.6) is 0 Å². The molecule has 0 amide bonds. The van der Waals surface area contributed by atoms with E-state index in [-0.39, 0.29) is 6.61 Å². The maximum absolute atomic E-state index is 9.90. The first-order valence-electron chi connectivity index (χ1n) is 4.17. The highest BCUT2D eigenvalue weighted by Gasteiger charge is 2.42. The molecule has 0 aliphatic carbocycles. The van der Waals surface area contributed by atoms with Crippen LogP contribution in [0.15, 0.2) is 12.2 Å². The zero-order valence-corrected chi connectivity index (χ0v) is 7.58. The summed E-state index contributed by atoms with van der Waals surface area (Å²) in [5, 5.41) is 19.0. The van der Waals surface area contributed by atoms with Gasteiger partial charge in [-0.3, -0.25) is 0 Å². The predicted molar refractivity (Wildman–Crippen MR) is 45.8 cm³/mol. The first-order chi connectivity index (χ1) is 5.52. The standard InChI is InChI=1S/C9H16O3/c1-8(11)5-3-4-6-12-9(8,2)7-10/h3,5,10-11H,4,6-7H2,1-2H3. The Balaban J connectivity index is 2.89. The van der Waals surface area contributed by atoms with Gasteiger partial charge in [-0.1, -0.05) is 12.2 Å². The van der Waals surface area contributed by atoms with Crippen LogP contribution in [-0.4, -0.2) is 34.6 Å². The number of rotatable bonds is 1. The van der Waals surface area contributed by atoms with Gasteiger partial charge in [-0.2, -0.15) is 0 Å². The molecule has 0 bridgehead atoms. The molecule has 1 aliphatic rings. The van der Waals surface area contributed by atoms with Crippen molar-refractivity contribution in [3.63, 3.8) is 0 Å². The number of hydrogen-bond acceptors (Lipinski definition) is 3. The van der Waals surface area contributed by atoms with Gasteiger partial charge >= 0.3 is 0 Å². The zero-order valence-electron chi connectivity index (χ0n) is 7.58. The van der Waals surface area contributed by atoms with E-state index in [0.717, 1.165) is 6.42 Å². The lowest BCUT2D eigenvalue weighted by Crippen LogP contribution is -2.52. The maximum Gasteiger partial charge on any atom is 0.120 e. The van der Waals surface area contributed by atoms with Crippen molar-refractivity contribution in [2.75, 3.05) is 13.2 Å². The molecule has 0 radical (unpaired) electrons. The lowest BCUT2D eigenvalue weighted by Gasteiger charge is -2.38. The quantitative estimate of drug-likeness (QED) is 0.565. The Labute approximate surface area is 72.7 Å². The second-order valence-corrected chi connectivity index (χ2v) is 3.58. The SMILES string of the molecule is CC1(O)C=CCCOC1(C)CO. The van der Waals surface area contributed by atoms with Crippen LogP contribution in [0.2, 0.25) is 0 Å². The van der Waals surface area contributed by atoms with Gasteiger partial charge in [0.25, 0.3) is 0 Å². The fraction of sp³-hybridized carbons (Fsp3) is 0.778. The van der Waals surface area contributed by atoms with E-state index in [2.05, 4.69) is 0 Å². The number of aliphatic hydroxyl groups is 2. The molecule has 0 aromatic rings. The molecule has 2 atom stereocenters. The van der Waals surface area contributed by atoms with Crippen molar-refractivity contribution >= 4 is 0 Å². The Morgan fingerprint density at radius 3 is 2.75 bits per heavy atom. The third kappa shape index (κ3) is 1.53. The van der Waals surface area contributed by atoms with Crippen molar-refractivity contribution in [2.24, 2.45) is 0 Å². The Bertz CT molecular complexity index is 186. The Morgan fingerprint density at radius 1 is 1.50 bits per heavy atom. The second kappa shape index (κ2) is 3.17. The minimum atomic E-state index is -1.09. The van der Waals surface area contributed by atoms with Crippen LogP contribution in [0, 0.1) is 0 Å². The normalized spacial score (nSPS) is 42.7. The number of hydrogen-bond donors (Lipinski definition) is 2. The summed E-state index contributed by atoms with van der Waals surface area (Å²) in [5.41, 5.74) is -1.96. The van der Waals surface area contributed by atoms with Crippen LogP contribution in [0.25, 0.3) is 0 Å². The average Bonchev–Trinajstić information content (AvgIpc) is 2.13. The molecule has 0 aromatic carbocycles. The van der Waals surface area contributed by atoms with Crippen LogP contribution in [0.3, 0.4) is 0 Å². The minimum Gasteiger partial charge on any atom is -0.393 e. The summed E-state index contributed by atoms with van der Waals surface area (Å²) in [6.45, 7) is 3.72. The van der Waals surface area contributed by atoms with Crippen LogP contribution < -0.4 is 0 Å². The molecule has 3 nitrogen and oxygen atoms in total. The summed E-state index contributed by atoms with van der Waals surface area (Å²) in [6, 6.07) is 0. The van der Waals surface area contributed by atoms with E-state index in [4.69, 9.17) is 9.84 Å². The molecular formula is C9H16O3. The summed E-state index contributed by atoms with van der Waals surface area (Å²) in [5.74, 6) is 0. The molecule has 0 spiro atoms. The molecule has 0 aromatic heterocycles. The van der Waals surface area contributed by atoms with Crippen molar-refractivity contribution in [1.82, 2.24) is 0 Å². The van der Waals surface area contributed by atoms with E-state index >= 15 is 0 Å². The molecule has 0 saturated carbocycles. The van der Waals surface area contributed by atoms with Gasteiger partial charge in [0.1, 0.15) is 11.2 Å². The van der Waals surface area contributed by atoms with E-state index in [1.807, 2.05) is 6.08 Å². The molecule has 1 aliphatic heterocycles. The van der Waals surface area contributed by atoms with Crippen LogP contribution in [0.4, 0.5) is 0 Å². The largest absolute Gasteiger partial charge is 0.393 e. The Kier molecular flexibility index (Phi) is 2.56. The molecule has 3 heteroatoms. The highest BCUT2D eigenvalue weighted by Crippen LogP contribution is 2.29. The van der Waals surface area contributed by atoms with Gasteiger partial charge in [-0.05, 0) is 20.3 Å². The third-order valence-corrected chi connectivity index (χ3v) is 2.52. The number of aliphatic hydroxyl groups excluding tert-OH is 1. The lowest BCUT2D eigenvalue weighted by molar-refractivity contribution is -0.159. The van der Waals surface area contributed by atoms with E-state index in [1.54, 1.807) is 19.9 Å². The molecule has 70 valence electrons. The molecular weight excluding hydrogens is 156 g/mol. The average molecular weight is 172 g/mol. The highest BCUT2D eigenvalue weighted by atomic mass is 16.5. The molecule has 1 heterocycles. The summed E-state index contributed by atoms with van der Waals surface area (Å²) in [7, 11) is 0. The van der Waals surface area contributed by atoms with Gasteiger partial charge in [-0.15, -0.1) is 0 Å². The van der Waals surface area contributed by atoms with Gasteiger partial charge in [0.15, 0.2) is 0 Å². The molecule has 2 unspecified atom stereocenters. The fourth-order valence-corrected chi connectivity index (χ4v) is 1.19. The van der Waals surface area contributed by atoms with E-state index < -0.39 is 11.2 Å². The van der Waals surface area contributed by atoms with E-state index in [0.29, 0.717) is 6.61 Å². The Morgan fingerprint density at radius 2 is 2.17 bits per heavy atom. The first-order valence-corrected chi connectivity index (χ1v) is 4.17. The molecule has 0 saturated heterocycles. The maximum atomic E-state index is 9.90. The first kappa shape index (κ1) is 9.71. The van der Waals surface area contributed by atoms with E-state index in [1.165, 1.54) is 0 Å². The summed E-state index contributed by atoms with van der Waals surface area (Å²) < 4.78 is 5.39. The minimum absolute atomic E-state index is 0.176. The van der Waals surface area contributed by atoms with Crippen molar-refractivity contribution in [1.29, 1.82) is 0 Å². The fourth-order valence-electron chi connectivity index (χ4n) is 1.19. The Hall–Kier alpha value is -0.380. The van der Waals surface area contributed by atoms with Gasteiger partial charge in [0.2, 0.25) is 0 Å². The smallest absolute Gasteiger partial charge is 0.120 e.